The number of ether oxygens (including phenoxy) is 1. The van der Waals surface area contributed by atoms with E-state index in [0.717, 1.165) is 0 Å². The Kier molecular flexibility index (Phi) is 3.32. The fourth-order valence-corrected chi connectivity index (χ4v) is 0.433. The number of carbonyl (C=O) groups is 2. The molecular weight excluding hydrogens is 154 g/mol. The summed E-state index contributed by atoms with van der Waals surface area (Å²) in [5.41, 5.74) is 5.02. The van der Waals surface area contributed by atoms with Gasteiger partial charge in [0.15, 0.2) is 0 Å². The van der Waals surface area contributed by atoms with Crippen molar-refractivity contribution < 1.29 is 24.5 Å². The lowest BCUT2D eigenvalue weighted by Crippen LogP contribution is -2.42. The van der Waals surface area contributed by atoms with Crippen LogP contribution in [-0.4, -0.2) is 34.5 Å². The molecule has 0 saturated heterocycles. The van der Waals surface area contributed by atoms with Gasteiger partial charge in [-0.05, 0) is 6.92 Å². The Morgan fingerprint density at radius 1 is 1.45 bits per heavy atom. The molecule has 64 valence electrons. The van der Waals surface area contributed by atoms with Crippen molar-refractivity contribution in [2.24, 2.45) is 5.73 Å². The first kappa shape index (κ1) is 9.70. The third kappa shape index (κ3) is 3.41. The van der Waals surface area contributed by atoms with Gasteiger partial charge in [-0.1, -0.05) is 0 Å². The van der Waals surface area contributed by atoms with Crippen molar-refractivity contribution in [2.45, 2.75) is 19.1 Å². The predicted molar refractivity (Wildman–Crippen MR) is 34.2 cm³/mol. The summed E-state index contributed by atoms with van der Waals surface area (Å²) in [5.74, 6) is -1.29. The molecule has 0 saturated carbocycles. The molecule has 6 nitrogen and oxygen atoms in total. The Morgan fingerprint density at radius 3 is 2.18 bits per heavy atom. The van der Waals surface area contributed by atoms with Crippen LogP contribution in [0.25, 0.3) is 0 Å². The topological polar surface area (TPSA) is 110 Å². The van der Waals surface area contributed by atoms with Gasteiger partial charge in [-0.3, -0.25) is 4.79 Å². The van der Waals surface area contributed by atoms with Gasteiger partial charge in [0.2, 0.25) is 0 Å². The van der Waals surface area contributed by atoms with Gasteiger partial charge in [-0.15, -0.1) is 0 Å². The average Bonchev–Trinajstić information content (AvgIpc) is 1.84. The van der Waals surface area contributed by atoms with E-state index < -0.39 is 24.3 Å². The smallest absolute Gasteiger partial charge is 0.480 e. The van der Waals surface area contributed by atoms with Crippen LogP contribution in [0.4, 0.5) is 4.79 Å². The first-order valence-corrected chi connectivity index (χ1v) is 2.83. The molecule has 0 aromatic heterocycles. The lowest BCUT2D eigenvalue weighted by atomic mass is 10.2. The van der Waals surface area contributed by atoms with Crippen LogP contribution in [-0.2, 0) is 9.53 Å². The second-order valence-corrected chi connectivity index (χ2v) is 1.95. The van der Waals surface area contributed by atoms with Crippen LogP contribution in [0.3, 0.4) is 0 Å². The molecule has 0 bridgehead atoms. The van der Waals surface area contributed by atoms with Crippen LogP contribution in [0.1, 0.15) is 6.92 Å². The fourth-order valence-electron chi connectivity index (χ4n) is 0.433. The summed E-state index contributed by atoms with van der Waals surface area (Å²) in [6.07, 6.45) is -2.57. The second-order valence-electron chi connectivity index (χ2n) is 1.95. The van der Waals surface area contributed by atoms with E-state index in [-0.39, 0.29) is 0 Å². The third-order valence-electron chi connectivity index (χ3n) is 1.08. The molecule has 0 radical (unpaired) electrons. The monoisotopic (exact) mass is 163 g/mol. The number of carboxylic acids is 1. The molecule has 0 aliphatic heterocycles. The van der Waals surface area contributed by atoms with Crippen LogP contribution < -0.4 is 5.73 Å². The van der Waals surface area contributed by atoms with Gasteiger partial charge in [0, 0.05) is 0 Å². The summed E-state index contributed by atoms with van der Waals surface area (Å²) in [7, 11) is 0. The van der Waals surface area contributed by atoms with Crippen molar-refractivity contribution in [1.82, 2.24) is 0 Å². The molecule has 0 aromatic rings. The van der Waals surface area contributed by atoms with Gasteiger partial charge in [0.25, 0.3) is 0 Å². The minimum Gasteiger partial charge on any atom is -0.480 e. The summed E-state index contributed by atoms with van der Waals surface area (Å²) in [6, 6.07) is -1.31. The van der Waals surface area contributed by atoms with E-state index in [1.165, 1.54) is 6.92 Å². The molecule has 0 amide bonds. The molecule has 2 unspecified atom stereocenters. The molecule has 0 aliphatic carbocycles. The Morgan fingerprint density at radius 2 is 1.91 bits per heavy atom. The molecule has 0 rings (SSSR count). The quantitative estimate of drug-likeness (QED) is 0.483. The normalized spacial score (nSPS) is 15.1. The SMILES string of the molecule is CC(OC(=O)O)C(N)C(=O)O. The molecule has 2 atom stereocenters. The summed E-state index contributed by atoms with van der Waals surface area (Å²) < 4.78 is 4.08. The molecule has 0 spiro atoms. The highest BCUT2D eigenvalue weighted by molar-refractivity contribution is 5.74. The highest BCUT2D eigenvalue weighted by Gasteiger charge is 2.22. The van der Waals surface area contributed by atoms with Gasteiger partial charge in [0.1, 0.15) is 12.1 Å². The van der Waals surface area contributed by atoms with Crippen molar-refractivity contribution in [3.05, 3.63) is 0 Å². The number of hydrogen-bond acceptors (Lipinski definition) is 4. The number of hydrogen-bond donors (Lipinski definition) is 3. The largest absolute Gasteiger partial charge is 0.506 e. The first-order chi connectivity index (χ1) is 4.95. The van der Waals surface area contributed by atoms with Gasteiger partial charge < -0.3 is 20.7 Å². The molecule has 0 aliphatic rings. The molecule has 11 heavy (non-hydrogen) atoms. The maximum absolute atomic E-state index is 10.1. The molecular formula is C5H9NO5. The summed E-state index contributed by atoms with van der Waals surface area (Å²) in [6.45, 7) is 1.27. The van der Waals surface area contributed by atoms with Crippen molar-refractivity contribution >= 4 is 12.1 Å². The van der Waals surface area contributed by atoms with Crippen molar-refractivity contribution in [3.8, 4) is 0 Å². The summed E-state index contributed by atoms with van der Waals surface area (Å²) in [4.78, 5) is 20.0. The second kappa shape index (κ2) is 3.77. The number of rotatable bonds is 3. The van der Waals surface area contributed by atoms with Crippen LogP contribution >= 0.6 is 0 Å². The Hall–Kier alpha value is -1.30. The van der Waals surface area contributed by atoms with Gasteiger partial charge in [-0.2, -0.15) is 0 Å². The Bertz CT molecular complexity index is 168. The zero-order chi connectivity index (χ0) is 9.02. The molecule has 0 aromatic carbocycles. The first-order valence-electron chi connectivity index (χ1n) is 2.83. The lowest BCUT2D eigenvalue weighted by molar-refractivity contribution is -0.141. The van der Waals surface area contributed by atoms with E-state index in [0.29, 0.717) is 0 Å². The lowest BCUT2D eigenvalue weighted by Gasteiger charge is -2.13. The van der Waals surface area contributed by atoms with E-state index in [1.807, 2.05) is 0 Å². The maximum Gasteiger partial charge on any atom is 0.506 e. The number of nitrogens with two attached hydrogens (primary N) is 1. The minimum atomic E-state index is -1.53. The highest BCUT2D eigenvalue weighted by atomic mass is 16.7. The fraction of sp³-hybridized carbons (Fsp3) is 0.600. The van der Waals surface area contributed by atoms with Crippen LogP contribution in [0.2, 0.25) is 0 Å². The Balaban J connectivity index is 3.92. The van der Waals surface area contributed by atoms with E-state index >= 15 is 0 Å². The van der Waals surface area contributed by atoms with E-state index in [9.17, 15) is 9.59 Å². The molecule has 0 fully saturated rings. The summed E-state index contributed by atoms with van der Waals surface area (Å²) >= 11 is 0. The number of carboxylic acid groups (broad SMARTS) is 2. The van der Waals surface area contributed by atoms with Crippen LogP contribution in [0, 0.1) is 0 Å². The van der Waals surface area contributed by atoms with Crippen molar-refractivity contribution in [2.75, 3.05) is 0 Å². The molecule has 6 heteroatoms. The third-order valence-corrected chi connectivity index (χ3v) is 1.08. The minimum absolute atomic E-state index is 1.04. The summed E-state index contributed by atoms with van der Waals surface area (Å²) in [5, 5.41) is 16.3. The van der Waals surface area contributed by atoms with Crippen LogP contribution in [0.5, 0.6) is 0 Å². The standard InChI is InChI=1S/C5H9NO5/c1-2(11-5(9)10)3(6)4(7)8/h2-3H,6H2,1H3,(H,7,8)(H,9,10). The van der Waals surface area contributed by atoms with Gasteiger partial charge in [0.05, 0.1) is 0 Å². The van der Waals surface area contributed by atoms with Crippen molar-refractivity contribution in [1.29, 1.82) is 0 Å². The zero-order valence-electron chi connectivity index (χ0n) is 5.85. The zero-order valence-corrected chi connectivity index (χ0v) is 5.85. The Labute approximate surface area is 62.6 Å². The van der Waals surface area contributed by atoms with Gasteiger partial charge >= 0.3 is 12.1 Å². The number of aliphatic carboxylic acids is 1. The van der Waals surface area contributed by atoms with E-state index in [1.54, 1.807) is 0 Å². The predicted octanol–water partition coefficient (Wildman–Crippen LogP) is -0.519. The van der Waals surface area contributed by atoms with E-state index in [4.69, 9.17) is 15.9 Å². The molecule has 4 N–H and O–H groups in total. The van der Waals surface area contributed by atoms with E-state index in [2.05, 4.69) is 4.74 Å². The maximum atomic E-state index is 10.1. The average molecular weight is 163 g/mol. The molecule has 0 heterocycles. The van der Waals surface area contributed by atoms with Gasteiger partial charge in [-0.25, -0.2) is 4.79 Å². The highest BCUT2D eigenvalue weighted by Crippen LogP contribution is 1.96. The van der Waals surface area contributed by atoms with Crippen molar-refractivity contribution in [3.63, 3.8) is 0 Å². The van der Waals surface area contributed by atoms with Crippen LogP contribution in [0.15, 0.2) is 0 Å².